The summed E-state index contributed by atoms with van der Waals surface area (Å²) in [4.78, 5) is 21.5. The summed E-state index contributed by atoms with van der Waals surface area (Å²) in [5.74, 6) is 0.277. The Morgan fingerprint density at radius 1 is 0.852 bits per heavy atom. The fourth-order valence-corrected chi connectivity index (χ4v) is 2.79. The van der Waals surface area contributed by atoms with Crippen LogP contribution in [0.15, 0.2) is 45.3 Å². The van der Waals surface area contributed by atoms with Gasteiger partial charge in [0.15, 0.2) is 0 Å². The second-order valence-electron chi connectivity index (χ2n) is 5.24. The largest absolute Gasteiger partial charge is 0.497 e. The van der Waals surface area contributed by atoms with E-state index in [0.717, 1.165) is 20.3 Å². The standard InChI is InChI=1S/C10H11BrO3.C9H9BrO3/c1-13-8-3-4-9(11)7(5-8)6-10(12)14-2;1-13-7-2-3-8(10)6(4-7)5-9(11)12/h3-5H,6H2,1-2H3;2-4H,5H2,1H3,(H,11,12). The van der Waals surface area contributed by atoms with E-state index in [1.807, 2.05) is 12.1 Å². The summed E-state index contributed by atoms with van der Waals surface area (Å²) in [5.41, 5.74) is 1.57. The molecule has 8 heteroatoms. The van der Waals surface area contributed by atoms with Crippen LogP contribution in [0.25, 0.3) is 0 Å². The molecule has 2 aromatic rings. The smallest absolute Gasteiger partial charge is 0.310 e. The molecule has 0 fully saturated rings. The molecule has 27 heavy (non-hydrogen) atoms. The van der Waals surface area contributed by atoms with E-state index in [-0.39, 0.29) is 18.8 Å². The highest BCUT2D eigenvalue weighted by Crippen LogP contribution is 2.23. The van der Waals surface area contributed by atoms with Crippen molar-refractivity contribution in [3.63, 3.8) is 0 Å². The summed E-state index contributed by atoms with van der Waals surface area (Å²) in [7, 11) is 4.51. The first-order valence-corrected chi connectivity index (χ1v) is 9.32. The van der Waals surface area contributed by atoms with Gasteiger partial charge in [0.1, 0.15) is 11.5 Å². The Balaban J connectivity index is 0.000000271. The highest BCUT2D eigenvalue weighted by molar-refractivity contribution is 9.10. The molecule has 0 unspecified atom stereocenters. The van der Waals surface area contributed by atoms with Gasteiger partial charge in [-0.15, -0.1) is 0 Å². The number of hydrogen-bond acceptors (Lipinski definition) is 5. The third-order valence-electron chi connectivity index (χ3n) is 3.41. The molecule has 0 atom stereocenters. The summed E-state index contributed by atoms with van der Waals surface area (Å²) >= 11 is 6.62. The van der Waals surface area contributed by atoms with Gasteiger partial charge in [0, 0.05) is 8.95 Å². The zero-order chi connectivity index (χ0) is 20.4. The van der Waals surface area contributed by atoms with Crippen LogP contribution in [-0.2, 0) is 27.2 Å². The van der Waals surface area contributed by atoms with Gasteiger partial charge < -0.3 is 19.3 Å². The molecule has 0 spiro atoms. The van der Waals surface area contributed by atoms with Crippen molar-refractivity contribution in [2.75, 3.05) is 21.3 Å². The van der Waals surface area contributed by atoms with E-state index in [9.17, 15) is 9.59 Å². The highest BCUT2D eigenvalue weighted by Gasteiger charge is 2.08. The summed E-state index contributed by atoms with van der Waals surface area (Å²) < 4.78 is 16.3. The first kappa shape index (κ1) is 23.0. The van der Waals surface area contributed by atoms with Gasteiger partial charge in [-0.05, 0) is 47.5 Å². The van der Waals surface area contributed by atoms with E-state index in [0.29, 0.717) is 11.3 Å². The van der Waals surface area contributed by atoms with E-state index in [4.69, 9.17) is 14.6 Å². The van der Waals surface area contributed by atoms with Crippen LogP contribution >= 0.6 is 31.9 Å². The van der Waals surface area contributed by atoms with Gasteiger partial charge >= 0.3 is 11.9 Å². The molecular weight excluding hydrogens is 484 g/mol. The first-order valence-electron chi connectivity index (χ1n) is 7.74. The average molecular weight is 504 g/mol. The van der Waals surface area contributed by atoms with Gasteiger partial charge in [-0.25, -0.2) is 0 Å². The third kappa shape index (κ3) is 8.01. The van der Waals surface area contributed by atoms with Crippen LogP contribution < -0.4 is 9.47 Å². The van der Waals surface area contributed by atoms with Crippen molar-refractivity contribution in [2.45, 2.75) is 12.8 Å². The topological polar surface area (TPSA) is 82.1 Å². The number of ether oxygens (including phenoxy) is 3. The molecule has 0 saturated carbocycles. The maximum Gasteiger partial charge on any atom is 0.310 e. The monoisotopic (exact) mass is 502 g/mol. The number of carboxylic acid groups (broad SMARTS) is 1. The average Bonchev–Trinajstić information content (AvgIpc) is 2.65. The molecule has 0 amide bonds. The van der Waals surface area contributed by atoms with Crippen molar-refractivity contribution in [1.29, 1.82) is 0 Å². The Bertz CT molecular complexity index is 792. The van der Waals surface area contributed by atoms with E-state index in [1.54, 1.807) is 38.5 Å². The predicted octanol–water partition coefficient (Wildman–Crippen LogP) is 4.26. The second kappa shape index (κ2) is 11.6. The van der Waals surface area contributed by atoms with Crippen LogP contribution in [0.1, 0.15) is 11.1 Å². The molecule has 2 aromatic carbocycles. The zero-order valence-electron chi connectivity index (χ0n) is 15.1. The zero-order valence-corrected chi connectivity index (χ0v) is 18.3. The Hall–Kier alpha value is -2.06. The number of hydrogen-bond donors (Lipinski definition) is 1. The summed E-state index contributed by atoms with van der Waals surface area (Å²) in [6.07, 6.45) is 0.242. The van der Waals surface area contributed by atoms with E-state index in [2.05, 4.69) is 36.6 Å². The molecule has 2 rings (SSSR count). The van der Waals surface area contributed by atoms with E-state index >= 15 is 0 Å². The number of benzene rings is 2. The molecule has 0 saturated heterocycles. The summed E-state index contributed by atoms with van der Waals surface area (Å²) in [6, 6.07) is 10.7. The number of carbonyl (C=O) groups is 2. The van der Waals surface area contributed by atoms with Crippen molar-refractivity contribution in [3.8, 4) is 11.5 Å². The summed E-state index contributed by atoms with van der Waals surface area (Å²) in [6.45, 7) is 0. The molecule has 0 radical (unpaired) electrons. The van der Waals surface area contributed by atoms with Crippen LogP contribution in [0.2, 0.25) is 0 Å². The lowest BCUT2D eigenvalue weighted by molar-refractivity contribution is -0.140. The number of carboxylic acids is 1. The molecule has 6 nitrogen and oxygen atoms in total. The minimum absolute atomic E-state index is 0.00220. The van der Waals surface area contributed by atoms with Gasteiger partial charge in [0.2, 0.25) is 0 Å². The maximum absolute atomic E-state index is 11.0. The Morgan fingerprint density at radius 3 is 1.67 bits per heavy atom. The number of methoxy groups -OCH3 is 3. The number of carbonyl (C=O) groups excluding carboxylic acids is 1. The molecule has 0 heterocycles. The predicted molar refractivity (Wildman–Crippen MR) is 108 cm³/mol. The highest BCUT2D eigenvalue weighted by atomic mass is 79.9. The lowest BCUT2D eigenvalue weighted by Gasteiger charge is -2.05. The van der Waals surface area contributed by atoms with Crippen LogP contribution in [0.4, 0.5) is 0 Å². The van der Waals surface area contributed by atoms with Gasteiger partial charge in [-0.1, -0.05) is 31.9 Å². The van der Waals surface area contributed by atoms with E-state index < -0.39 is 5.97 Å². The summed E-state index contributed by atoms with van der Waals surface area (Å²) in [5, 5.41) is 8.59. The number of halogens is 2. The lowest BCUT2D eigenvalue weighted by atomic mass is 10.1. The van der Waals surface area contributed by atoms with Crippen LogP contribution in [0, 0.1) is 0 Å². The van der Waals surface area contributed by atoms with Crippen molar-refractivity contribution in [3.05, 3.63) is 56.5 Å². The first-order chi connectivity index (χ1) is 12.8. The molecule has 1 N–H and O–H groups in total. The van der Waals surface area contributed by atoms with Crippen LogP contribution in [-0.4, -0.2) is 38.4 Å². The normalized spacial score (nSPS) is 9.67. The lowest BCUT2D eigenvalue weighted by Crippen LogP contribution is -2.05. The maximum atomic E-state index is 11.0. The van der Waals surface area contributed by atoms with Crippen molar-refractivity contribution in [2.24, 2.45) is 0 Å². The molecule has 0 aromatic heterocycles. The molecule has 0 aliphatic carbocycles. The number of rotatable bonds is 6. The SMILES string of the molecule is COC(=O)Cc1cc(OC)ccc1Br.COc1ccc(Br)c(CC(=O)O)c1. The number of aliphatic carboxylic acids is 1. The van der Waals surface area contributed by atoms with Crippen LogP contribution in [0.5, 0.6) is 11.5 Å². The fourth-order valence-electron chi connectivity index (χ4n) is 2.02. The third-order valence-corrected chi connectivity index (χ3v) is 4.96. The van der Waals surface area contributed by atoms with E-state index in [1.165, 1.54) is 7.11 Å². The number of esters is 1. The minimum Gasteiger partial charge on any atom is -0.497 e. The van der Waals surface area contributed by atoms with Crippen molar-refractivity contribution in [1.82, 2.24) is 0 Å². The molecule has 0 aliphatic rings. The van der Waals surface area contributed by atoms with Gasteiger partial charge in [0.05, 0.1) is 34.2 Å². The second-order valence-corrected chi connectivity index (χ2v) is 6.95. The van der Waals surface area contributed by atoms with Crippen molar-refractivity contribution < 1.29 is 28.9 Å². The molecule has 146 valence electrons. The Morgan fingerprint density at radius 2 is 1.30 bits per heavy atom. The fraction of sp³-hybridized carbons (Fsp3) is 0.263. The van der Waals surface area contributed by atoms with Gasteiger partial charge in [-0.3, -0.25) is 9.59 Å². The minimum atomic E-state index is -0.853. The molecule has 0 bridgehead atoms. The molecule has 0 aliphatic heterocycles. The van der Waals surface area contributed by atoms with Crippen LogP contribution in [0.3, 0.4) is 0 Å². The van der Waals surface area contributed by atoms with Gasteiger partial charge in [-0.2, -0.15) is 0 Å². The Labute approximate surface area is 174 Å². The van der Waals surface area contributed by atoms with Gasteiger partial charge in [0.25, 0.3) is 0 Å². The van der Waals surface area contributed by atoms with Crippen molar-refractivity contribution >= 4 is 43.8 Å². The quantitative estimate of drug-likeness (QED) is 0.593. The molecular formula is C19H20Br2O6. The Kier molecular flexibility index (Phi) is 9.88.